The van der Waals surface area contributed by atoms with Crippen molar-refractivity contribution in [3.8, 4) is 17.3 Å². The number of H-pyrrole nitrogens is 1. The van der Waals surface area contributed by atoms with E-state index in [9.17, 15) is 14.7 Å². The van der Waals surface area contributed by atoms with Crippen molar-refractivity contribution in [1.82, 2.24) is 14.5 Å². The molecule has 2 N–H and O–H groups in total. The summed E-state index contributed by atoms with van der Waals surface area (Å²) in [4.78, 5) is 33.3. The van der Waals surface area contributed by atoms with Crippen LogP contribution in [0.4, 0.5) is 0 Å². The Balaban J connectivity index is 1.99. The molecule has 0 bridgehead atoms. The average molecular weight is 494 g/mol. The van der Waals surface area contributed by atoms with Gasteiger partial charge in [-0.25, -0.2) is 9.78 Å². The summed E-state index contributed by atoms with van der Waals surface area (Å²) < 4.78 is 18.7. The SMILES string of the molecule is COc1ccccc1[C@H](Cc1cn(C(C)(C)C(=O)O)c(=O)c2c(C)c(-c3ncco3)[nH]c12)OC(C)C. The highest BCUT2D eigenvalue weighted by molar-refractivity contribution is 5.91. The Morgan fingerprint density at radius 3 is 2.61 bits per heavy atom. The number of aryl methyl sites for hydroxylation is 1. The molecule has 0 spiro atoms. The van der Waals surface area contributed by atoms with Gasteiger partial charge in [-0.1, -0.05) is 18.2 Å². The summed E-state index contributed by atoms with van der Waals surface area (Å²) in [5.74, 6) is -0.0877. The monoisotopic (exact) mass is 493 g/mol. The van der Waals surface area contributed by atoms with E-state index in [2.05, 4.69) is 9.97 Å². The molecule has 36 heavy (non-hydrogen) atoms. The van der Waals surface area contributed by atoms with E-state index in [4.69, 9.17) is 13.9 Å². The van der Waals surface area contributed by atoms with Crippen LogP contribution in [0.3, 0.4) is 0 Å². The Morgan fingerprint density at radius 1 is 1.28 bits per heavy atom. The lowest BCUT2D eigenvalue weighted by molar-refractivity contribution is -0.145. The number of carbonyl (C=O) groups is 1. The van der Waals surface area contributed by atoms with Gasteiger partial charge in [0.25, 0.3) is 5.56 Å². The normalized spacial score (nSPS) is 12.9. The summed E-state index contributed by atoms with van der Waals surface area (Å²) in [5, 5.41) is 10.3. The molecule has 0 fully saturated rings. The van der Waals surface area contributed by atoms with Crippen molar-refractivity contribution in [3.63, 3.8) is 0 Å². The fourth-order valence-corrected chi connectivity index (χ4v) is 4.43. The van der Waals surface area contributed by atoms with Gasteiger partial charge in [-0.15, -0.1) is 0 Å². The Hall–Kier alpha value is -3.85. The first-order valence-corrected chi connectivity index (χ1v) is 11.7. The molecule has 0 saturated carbocycles. The van der Waals surface area contributed by atoms with Crippen molar-refractivity contribution in [3.05, 3.63) is 70.0 Å². The largest absolute Gasteiger partial charge is 0.496 e. The number of oxazole rings is 1. The first-order chi connectivity index (χ1) is 17.1. The number of nitrogens with one attached hydrogen (secondary N) is 1. The van der Waals surface area contributed by atoms with E-state index in [0.29, 0.717) is 40.2 Å². The van der Waals surface area contributed by atoms with Crippen molar-refractivity contribution < 1.29 is 23.8 Å². The van der Waals surface area contributed by atoms with Gasteiger partial charge in [-0.05, 0) is 51.8 Å². The molecule has 3 heterocycles. The second-order valence-electron chi connectivity index (χ2n) is 9.53. The number of hydrogen-bond acceptors (Lipinski definition) is 6. The number of aromatic nitrogens is 3. The number of fused-ring (bicyclic) bond motifs is 1. The molecular formula is C27H31N3O6. The predicted molar refractivity (Wildman–Crippen MR) is 135 cm³/mol. The number of aliphatic carboxylic acids is 1. The van der Waals surface area contributed by atoms with Gasteiger partial charge in [0, 0.05) is 18.2 Å². The van der Waals surface area contributed by atoms with Gasteiger partial charge in [0.15, 0.2) is 0 Å². The molecule has 0 saturated heterocycles. The van der Waals surface area contributed by atoms with Gasteiger partial charge in [0.05, 0.1) is 36.4 Å². The molecule has 0 amide bonds. The number of methoxy groups -OCH3 is 1. The highest BCUT2D eigenvalue weighted by Crippen LogP contribution is 2.35. The van der Waals surface area contributed by atoms with E-state index in [1.807, 2.05) is 38.1 Å². The third-order valence-electron chi connectivity index (χ3n) is 6.39. The molecule has 0 radical (unpaired) electrons. The Morgan fingerprint density at radius 2 is 2.00 bits per heavy atom. The third kappa shape index (κ3) is 4.42. The fraction of sp³-hybridized carbons (Fsp3) is 0.370. The van der Waals surface area contributed by atoms with Gasteiger partial charge in [0.2, 0.25) is 5.89 Å². The maximum atomic E-state index is 13.6. The number of pyridine rings is 1. The number of nitrogens with zero attached hydrogens (tertiary/aromatic N) is 2. The van der Waals surface area contributed by atoms with Gasteiger partial charge in [-0.2, -0.15) is 0 Å². The molecule has 4 aromatic rings. The number of hydrogen-bond donors (Lipinski definition) is 2. The minimum Gasteiger partial charge on any atom is -0.496 e. The Kier molecular flexibility index (Phi) is 6.77. The summed E-state index contributed by atoms with van der Waals surface area (Å²) >= 11 is 0. The van der Waals surface area contributed by atoms with E-state index >= 15 is 0 Å². The topological polar surface area (TPSA) is 120 Å². The Labute approximate surface area is 208 Å². The van der Waals surface area contributed by atoms with E-state index in [1.54, 1.807) is 20.2 Å². The first kappa shape index (κ1) is 25.2. The van der Waals surface area contributed by atoms with Crippen LogP contribution in [0.2, 0.25) is 0 Å². The number of para-hydroxylation sites is 1. The van der Waals surface area contributed by atoms with E-state index < -0.39 is 23.2 Å². The van der Waals surface area contributed by atoms with Gasteiger partial charge in [0.1, 0.15) is 23.2 Å². The maximum Gasteiger partial charge on any atom is 0.329 e. The molecule has 190 valence electrons. The highest BCUT2D eigenvalue weighted by Gasteiger charge is 2.33. The van der Waals surface area contributed by atoms with Crippen LogP contribution in [-0.2, 0) is 21.5 Å². The molecular weight excluding hydrogens is 462 g/mol. The fourth-order valence-electron chi connectivity index (χ4n) is 4.43. The minimum atomic E-state index is -1.48. The maximum absolute atomic E-state index is 13.6. The summed E-state index contributed by atoms with van der Waals surface area (Å²) in [6.07, 6.45) is 4.44. The molecule has 3 aromatic heterocycles. The summed E-state index contributed by atoms with van der Waals surface area (Å²) in [6.45, 7) is 8.71. The smallest absolute Gasteiger partial charge is 0.329 e. The highest BCUT2D eigenvalue weighted by atomic mass is 16.5. The molecule has 0 aliphatic rings. The second-order valence-corrected chi connectivity index (χ2v) is 9.53. The van der Waals surface area contributed by atoms with Crippen LogP contribution in [-0.4, -0.2) is 38.8 Å². The summed E-state index contributed by atoms with van der Waals surface area (Å²) in [5.41, 5.74) is 1.48. The summed E-state index contributed by atoms with van der Waals surface area (Å²) in [7, 11) is 1.61. The van der Waals surface area contributed by atoms with Gasteiger partial charge in [-0.3, -0.25) is 9.36 Å². The van der Waals surface area contributed by atoms with Crippen LogP contribution in [0.25, 0.3) is 22.5 Å². The second kappa shape index (κ2) is 9.66. The first-order valence-electron chi connectivity index (χ1n) is 11.7. The quantitative estimate of drug-likeness (QED) is 0.343. The lowest BCUT2D eigenvalue weighted by atomic mass is 9.98. The predicted octanol–water partition coefficient (Wildman–Crippen LogP) is 4.83. The number of aromatic amines is 1. The zero-order valence-electron chi connectivity index (χ0n) is 21.3. The zero-order chi connectivity index (χ0) is 26.2. The number of carboxylic acids is 1. The lowest BCUT2D eigenvalue weighted by Gasteiger charge is -2.26. The minimum absolute atomic E-state index is 0.0926. The van der Waals surface area contributed by atoms with Crippen LogP contribution in [0.15, 0.2) is 52.1 Å². The molecule has 9 nitrogen and oxygen atoms in total. The molecule has 1 aromatic carbocycles. The van der Waals surface area contributed by atoms with E-state index in [-0.39, 0.29) is 6.10 Å². The van der Waals surface area contributed by atoms with Crippen molar-refractivity contribution in [2.45, 2.75) is 58.8 Å². The molecule has 0 unspecified atom stereocenters. The van der Waals surface area contributed by atoms with Crippen molar-refractivity contribution in [2.24, 2.45) is 0 Å². The standard InChI is InChI=1S/C27H31N3O6/c1-15(2)36-20(18-9-7-8-10-19(18)34-6)13-17-14-30(27(4,5)26(32)33)25(31)21-16(3)22(29-23(17)21)24-28-11-12-35-24/h7-12,14-15,20,29H,13H2,1-6H3,(H,32,33)/t20-/m0/s1. The lowest BCUT2D eigenvalue weighted by Crippen LogP contribution is -2.42. The van der Waals surface area contributed by atoms with Crippen LogP contribution in [0, 0.1) is 6.92 Å². The van der Waals surface area contributed by atoms with E-state index in [0.717, 1.165) is 11.1 Å². The van der Waals surface area contributed by atoms with Crippen molar-refractivity contribution in [2.75, 3.05) is 7.11 Å². The van der Waals surface area contributed by atoms with E-state index in [1.165, 1.54) is 30.9 Å². The van der Waals surface area contributed by atoms with Crippen LogP contribution >= 0.6 is 0 Å². The molecule has 0 aliphatic heterocycles. The molecule has 4 rings (SSSR count). The summed E-state index contributed by atoms with van der Waals surface area (Å²) in [6, 6.07) is 7.62. The number of benzene rings is 1. The van der Waals surface area contributed by atoms with Crippen LogP contribution in [0.5, 0.6) is 5.75 Å². The number of carboxylic acid groups (broad SMARTS) is 1. The Bertz CT molecular complexity index is 1450. The average Bonchev–Trinajstić information content (AvgIpc) is 3.48. The van der Waals surface area contributed by atoms with Crippen LogP contribution in [0.1, 0.15) is 50.5 Å². The van der Waals surface area contributed by atoms with Crippen molar-refractivity contribution in [1.29, 1.82) is 0 Å². The third-order valence-corrected chi connectivity index (χ3v) is 6.39. The number of rotatable bonds is 9. The molecule has 9 heteroatoms. The molecule has 0 aliphatic carbocycles. The zero-order valence-corrected chi connectivity index (χ0v) is 21.3. The van der Waals surface area contributed by atoms with Gasteiger partial charge >= 0.3 is 5.97 Å². The van der Waals surface area contributed by atoms with Crippen molar-refractivity contribution >= 4 is 16.9 Å². The van der Waals surface area contributed by atoms with Gasteiger partial charge < -0.3 is 24.0 Å². The van der Waals surface area contributed by atoms with Crippen LogP contribution < -0.4 is 10.3 Å². The molecule has 1 atom stereocenters. The number of ether oxygens (including phenoxy) is 2.